The molecule has 0 aliphatic rings. The number of benzene rings is 1. The number of aromatic nitrogens is 3. The molecule has 1 unspecified atom stereocenters. The molecular weight excluding hydrogens is 202 g/mol. The van der Waals surface area contributed by atoms with Crippen LogP contribution in [0.5, 0.6) is 0 Å². The summed E-state index contributed by atoms with van der Waals surface area (Å²) < 4.78 is 1.73. The quantitative estimate of drug-likeness (QED) is 0.802. The van der Waals surface area contributed by atoms with Crippen LogP contribution in [0.2, 0.25) is 0 Å². The maximum Gasteiger partial charge on any atom is 0.0894 e. The maximum atomic E-state index is 5.59. The number of anilines is 1. The molecule has 0 bridgehead atoms. The van der Waals surface area contributed by atoms with Gasteiger partial charge in [-0.25, -0.2) is 4.68 Å². The smallest absolute Gasteiger partial charge is 0.0894 e. The molecule has 0 saturated carbocycles. The highest BCUT2D eigenvalue weighted by Gasteiger charge is 2.06. The normalized spacial score (nSPS) is 12.4. The predicted octanol–water partition coefficient (Wildman–Crippen LogP) is 1.03. The molecule has 5 heteroatoms. The molecule has 3 N–H and O–H groups in total. The van der Waals surface area contributed by atoms with Crippen LogP contribution in [0.4, 0.5) is 5.69 Å². The lowest BCUT2D eigenvalue weighted by molar-refractivity contribution is 0.782. The summed E-state index contributed by atoms with van der Waals surface area (Å²) in [5.41, 5.74) is 7.57. The fraction of sp³-hybridized carbons (Fsp3) is 0.273. The largest absolute Gasteiger partial charge is 0.380 e. The standard InChI is InChI=1S/C11H15N5/c1-9(8-12)14-10-4-2-3-5-11(10)16-7-6-13-15-16/h2-7,9,14H,8,12H2,1H3. The van der Waals surface area contributed by atoms with Crippen LogP contribution in [-0.2, 0) is 0 Å². The highest BCUT2D eigenvalue weighted by atomic mass is 15.4. The Bertz CT molecular complexity index is 437. The van der Waals surface area contributed by atoms with Gasteiger partial charge < -0.3 is 11.1 Å². The lowest BCUT2D eigenvalue weighted by atomic mass is 10.2. The third-order valence-corrected chi connectivity index (χ3v) is 2.33. The van der Waals surface area contributed by atoms with Gasteiger partial charge in [0.1, 0.15) is 0 Å². The van der Waals surface area contributed by atoms with Crippen LogP contribution in [0.1, 0.15) is 6.92 Å². The van der Waals surface area contributed by atoms with Gasteiger partial charge in [0.05, 0.1) is 23.8 Å². The summed E-state index contributed by atoms with van der Waals surface area (Å²) in [5, 5.41) is 11.1. The summed E-state index contributed by atoms with van der Waals surface area (Å²) in [6.07, 6.45) is 3.47. The minimum atomic E-state index is 0.227. The van der Waals surface area contributed by atoms with Crippen molar-refractivity contribution in [3.63, 3.8) is 0 Å². The summed E-state index contributed by atoms with van der Waals surface area (Å²) >= 11 is 0. The number of rotatable bonds is 4. The molecule has 1 atom stereocenters. The van der Waals surface area contributed by atoms with E-state index in [-0.39, 0.29) is 6.04 Å². The van der Waals surface area contributed by atoms with Gasteiger partial charge in [0.25, 0.3) is 0 Å². The molecule has 0 amide bonds. The van der Waals surface area contributed by atoms with Gasteiger partial charge in [-0.05, 0) is 19.1 Å². The minimum absolute atomic E-state index is 0.227. The van der Waals surface area contributed by atoms with Crippen molar-refractivity contribution in [2.45, 2.75) is 13.0 Å². The Morgan fingerprint density at radius 3 is 2.94 bits per heavy atom. The molecule has 0 radical (unpaired) electrons. The molecule has 2 aromatic rings. The van der Waals surface area contributed by atoms with Gasteiger partial charge in [-0.15, -0.1) is 5.10 Å². The van der Waals surface area contributed by atoms with E-state index in [4.69, 9.17) is 5.73 Å². The van der Waals surface area contributed by atoms with E-state index in [1.807, 2.05) is 37.4 Å². The van der Waals surface area contributed by atoms with Crippen molar-refractivity contribution in [2.75, 3.05) is 11.9 Å². The van der Waals surface area contributed by atoms with Gasteiger partial charge in [0.2, 0.25) is 0 Å². The van der Waals surface area contributed by atoms with Crippen LogP contribution < -0.4 is 11.1 Å². The predicted molar refractivity (Wildman–Crippen MR) is 63.5 cm³/mol. The Balaban J connectivity index is 2.31. The van der Waals surface area contributed by atoms with Gasteiger partial charge in [0.15, 0.2) is 0 Å². The first kappa shape index (κ1) is 10.6. The van der Waals surface area contributed by atoms with Crippen LogP contribution in [0.3, 0.4) is 0 Å². The molecule has 0 saturated heterocycles. The second-order valence-corrected chi connectivity index (χ2v) is 3.65. The Hall–Kier alpha value is -1.88. The second-order valence-electron chi connectivity index (χ2n) is 3.65. The van der Waals surface area contributed by atoms with Crippen molar-refractivity contribution >= 4 is 5.69 Å². The first-order chi connectivity index (χ1) is 7.81. The molecule has 1 aromatic heterocycles. The monoisotopic (exact) mass is 217 g/mol. The highest BCUT2D eigenvalue weighted by molar-refractivity contribution is 5.60. The maximum absolute atomic E-state index is 5.59. The lowest BCUT2D eigenvalue weighted by Gasteiger charge is -2.16. The molecule has 2 rings (SSSR count). The van der Waals surface area contributed by atoms with E-state index >= 15 is 0 Å². The summed E-state index contributed by atoms with van der Waals surface area (Å²) in [4.78, 5) is 0. The van der Waals surface area contributed by atoms with Crippen molar-refractivity contribution in [3.8, 4) is 5.69 Å². The molecule has 0 fully saturated rings. The summed E-state index contributed by atoms with van der Waals surface area (Å²) in [6.45, 7) is 2.63. The number of hydrogen-bond donors (Lipinski definition) is 2. The summed E-state index contributed by atoms with van der Waals surface area (Å²) in [5.74, 6) is 0. The van der Waals surface area contributed by atoms with E-state index in [1.165, 1.54) is 0 Å². The third kappa shape index (κ3) is 2.20. The zero-order valence-corrected chi connectivity index (χ0v) is 9.17. The van der Waals surface area contributed by atoms with Gasteiger partial charge >= 0.3 is 0 Å². The van der Waals surface area contributed by atoms with E-state index in [1.54, 1.807) is 10.9 Å². The summed E-state index contributed by atoms with van der Waals surface area (Å²) in [7, 11) is 0. The van der Waals surface area contributed by atoms with Crippen LogP contribution in [-0.4, -0.2) is 27.6 Å². The zero-order valence-electron chi connectivity index (χ0n) is 9.17. The Morgan fingerprint density at radius 1 is 1.44 bits per heavy atom. The van der Waals surface area contributed by atoms with Crippen LogP contribution in [0.15, 0.2) is 36.7 Å². The topological polar surface area (TPSA) is 68.8 Å². The van der Waals surface area contributed by atoms with E-state index < -0.39 is 0 Å². The molecular formula is C11H15N5. The van der Waals surface area contributed by atoms with E-state index in [0.717, 1.165) is 11.4 Å². The molecule has 0 aliphatic carbocycles. The average molecular weight is 217 g/mol. The van der Waals surface area contributed by atoms with Crippen molar-refractivity contribution in [1.29, 1.82) is 0 Å². The van der Waals surface area contributed by atoms with Gasteiger partial charge in [0, 0.05) is 12.6 Å². The number of nitrogens with one attached hydrogen (secondary N) is 1. The first-order valence-electron chi connectivity index (χ1n) is 5.23. The fourth-order valence-corrected chi connectivity index (χ4v) is 1.46. The number of para-hydroxylation sites is 2. The molecule has 84 valence electrons. The average Bonchev–Trinajstić information content (AvgIpc) is 2.83. The highest BCUT2D eigenvalue weighted by Crippen LogP contribution is 2.19. The van der Waals surface area contributed by atoms with Crippen LogP contribution in [0.25, 0.3) is 5.69 Å². The van der Waals surface area contributed by atoms with Crippen molar-refractivity contribution in [1.82, 2.24) is 15.0 Å². The molecule has 0 aliphatic heterocycles. The molecule has 5 nitrogen and oxygen atoms in total. The van der Waals surface area contributed by atoms with Gasteiger partial charge in [-0.3, -0.25) is 0 Å². The SMILES string of the molecule is CC(CN)Nc1ccccc1-n1ccnn1. The van der Waals surface area contributed by atoms with E-state index in [9.17, 15) is 0 Å². The fourth-order valence-electron chi connectivity index (χ4n) is 1.46. The summed E-state index contributed by atoms with van der Waals surface area (Å²) in [6, 6.07) is 8.16. The number of hydrogen-bond acceptors (Lipinski definition) is 4. The van der Waals surface area contributed by atoms with Gasteiger partial charge in [-0.2, -0.15) is 0 Å². The number of nitrogens with zero attached hydrogens (tertiary/aromatic N) is 3. The molecule has 1 heterocycles. The zero-order chi connectivity index (χ0) is 11.4. The Labute approximate surface area is 94.3 Å². The van der Waals surface area contributed by atoms with Crippen LogP contribution >= 0.6 is 0 Å². The van der Waals surface area contributed by atoms with Crippen molar-refractivity contribution in [3.05, 3.63) is 36.7 Å². The lowest BCUT2D eigenvalue weighted by Crippen LogP contribution is -2.25. The van der Waals surface area contributed by atoms with Crippen molar-refractivity contribution < 1.29 is 0 Å². The molecule has 16 heavy (non-hydrogen) atoms. The third-order valence-electron chi connectivity index (χ3n) is 2.33. The number of nitrogens with two attached hydrogens (primary N) is 1. The van der Waals surface area contributed by atoms with E-state index in [2.05, 4.69) is 15.6 Å². The van der Waals surface area contributed by atoms with Gasteiger partial charge in [-0.1, -0.05) is 17.3 Å². The molecule has 0 spiro atoms. The van der Waals surface area contributed by atoms with E-state index in [0.29, 0.717) is 6.54 Å². The second kappa shape index (κ2) is 4.76. The van der Waals surface area contributed by atoms with Crippen LogP contribution in [0, 0.1) is 0 Å². The molecule has 1 aromatic carbocycles. The Morgan fingerprint density at radius 2 is 2.25 bits per heavy atom. The van der Waals surface area contributed by atoms with Crippen molar-refractivity contribution in [2.24, 2.45) is 5.73 Å². The Kier molecular flexibility index (Phi) is 3.16. The minimum Gasteiger partial charge on any atom is -0.380 e. The first-order valence-corrected chi connectivity index (χ1v) is 5.23.